The van der Waals surface area contributed by atoms with Crippen molar-refractivity contribution in [3.63, 3.8) is 0 Å². The van der Waals surface area contributed by atoms with Gasteiger partial charge in [-0.1, -0.05) is 127 Å². The minimum Gasteiger partial charge on any atom is -0.309 e. The van der Waals surface area contributed by atoms with Crippen LogP contribution in [0.15, 0.2) is 222 Å². The molecule has 13 aromatic rings. The minimum absolute atomic E-state index is 0.0332. The first kappa shape index (κ1) is 42.9. The molecule has 0 amide bonds. The summed E-state index contributed by atoms with van der Waals surface area (Å²) >= 11 is 6.44. The topological polar surface area (TPSA) is 77.7 Å². The number of para-hydroxylation sites is 5. The van der Waals surface area contributed by atoms with E-state index in [1.807, 2.05) is 18.2 Å². The van der Waals surface area contributed by atoms with Crippen molar-refractivity contribution in [2.45, 2.75) is 22.6 Å². The van der Waals surface area contributed by atoms with Crippen LogP contribution in [0.2, 0.25) is 0 Å². The monoisotopic (exact) mass is 971 g/mol. The second kappa shape index (κ2) is 16.7. The maximum Gasteiger partial charge on any atom is 0.208 e. The van der Waals surface area contributed by atoms with Gasteiger partial charge >= 0.3 is 0 Å². The van der Waals surface area contributed by atoms with Gasteiger partial charge in [0.1, 0.15) is 6.07 Å². The number of hydrogen-bond acceptors (Lipinski definition) is 5. The Morgan fingerprint density at radius 2 is 0.915 bits per heavy atom. The Morgan fingerprint density at radius 1 is 0.437 bits per heavy atom. The van der Waals surface area contributed by atoms with Crippen LogP contribution < -0.4 is 0 Å². The van der Waals surface area contributed by atoms with E-state index in [0.717, 1.165) is 106 Å². The van der Waals surface area contributed by atoms with E-state index in [1.54, 1.807) is 30.3 Å². The fraction of sp³-hybridized carbons (Fsp3) is 0.0328. The van der Waals surface area contributed by atoms with Gasteiger partial charge in [0.25, 0.3) is 0 Å². The minimum atomic E-state index is -4.26. The lowest BCUT2D eigenvalue weighted by atomic mass is 10.1. The number of aromatic nitrogens is 4. The second-order valence-corrected chi connectivity index (χ2v) is 19.8. The van der Waals surface area contributed by atoms with Gasteiger partial charge in [-0.25, -0.2) is 8.42 Å². The molecule has 0 saturated heterocycles. The Morgan fingerprint density at radius 3 is 1.46 bits per heavy atom. The number of benzene rings is 9. The van der Waals surface area contributed by atoms with Gasteiger partial charge in [-0.15, -0.1) is 23.3 Å². The summed E-state index contributed by atoms with van der Waals surface area (Å²) in [6, 6.07) is 67.5. The molecule has 0 atom stereocenters. The van der Waals surface area contributed by atoms with Gasteiger partial charge in [0.2, 0.25) is 9.84 Å². The molecule has 1 aliphatic rings. The van der Waals surface area contributed by atoms with Gasteiger partial charge in [-0.05, 0) is 97.8 Å². The van der Waals surface area contributed by atoms with E-state index < -0.39 is 9.84 Å². The summed E-state index contributed by atoms with van der Waals surface area (Å²) in [6.07, 6.45) is 8.76. The normalized spacial score (nSPS) is 12.9. The van der Waals surface area contributed by atoms with Crippen molar-refractivity contribution in [2.75, 3.05) is 0 Å². The lowest BCUT2D eigenvalue weighted by molar-refractivity contribution is 0.595. The average Bonchev–Trinajstić information content (AvgIpc) is 4.17. The van der Waals surface area contributed by atoms with Crippen LogP contribution in [0.25, 0.3) is 110 Å². The first-order valence-corrected chi connectivity index (χ1v) is 26.5. The summed E-state index contributed by atoms with van der Waals surface area (Å²) < 4.78 is 39.8. The molecule has 0 N–H and O–H groups in total. The van der Waals surface area contributed by atoms with Crippen molar-refractivity contribution >= 4 is 126 Å². The zero-order valence-corrected chi connectivity index (χ0v) is 40.6. The molecule has 7 nitrogen and oxygen atoms in total. The van der Waals surface area contributed by atoms with Crippen molar-refractivity contribution in [1.29, 1.82) is 5.26 Å². The highest BCUT2D eigenvalue weighted by molar-refractivity contribution is 8.59. The Labute approximate surface area is 419 Å². The zero-order chi connectivity index (χ0) is 48.0. The molecule has 4 aromatic heterocycles. The third-order valence-corrected chi connectivity index (χ3v) is 16.0. The molecule has 0 fully saturated rings. The third kappa shape index (κ3) is 6.33. The lowest BCUT2D eigenvalue weighted by Crippen LogP contribution is -2.08. The third-order valence-electron chi connectivity index (χ3n) is 14.2. The molecule has 9 aromatic carbocycles. The van der Waals surface area contributed by atoms with E-state index in [0.29, 0.717) is 11.4 Å². The molecule has 340 valence electrons. The van der Waals surface area contributed by atoms with Crippen molar-refractivity contribution in [3.05, 3.63) is 218 Å². The predicted octanol–water partition coefficient (Wildman–Crippen LogP) is 15.7. The van der Waals surface area contributed by atoms with E-state index in [9.17, 15) is 5.26 Å². The number of nitrogens with zero attached hydrogens (tertiary/aromatic N) is 5. The maximum absolute atomic E-state index is 15.3. The van der Waals surface area contributed by atoms with E-state index in [4.69, 9.17) is 0 Å². The number of nitriles is 1. The SMILES string of the molecule is N#Cc1ccccc1S(=O)(=O)c1cc(-n2c3ccccc3c3c4c(ccc32)c2ccccc2n4C2=CCCC=C2)cc(-n2c3ccccc3c3c2ccc2c4ccccc4n(-c4ccccc4)c23)c1.SS. The second-order valence-electron chi connectivity index (χ2n) is 17.9. The molecule has 10 heteroatoms. The average molecular weight is 972 g/mol. The summed E-state index contributed by atoms with van der Waals surface area (Å²) in [5.41, 5.74) is 11.8. The van der Waals surface area contributed by atoms with Crippen LogP contribution in [0.5, 0.6) is 0 Å². The van der Waals surface area contributed by atoms with Gasteiger partial charge in [0.05, 0.1) is 59.5 Å². The quantitative estimate of drug-likeness (QED) is 0.129. The Kier molecular flexibility index (Phi) is 10.1. The van der Waals surface area contributed by atoms with E-state index >= 15 is 8.42 Å². The Bertz CT molecular complexity index is 4580. The van der Waals surface area contributed by atoms with Crippen molar-refractivity contribution in [1.82, 2.24) is 18.3 Å². The van der Waals surface area contributed by atoms with Crippen molar-refractivity contribution in [3.8, 4) is 23.1 Å². The Balaban J connectivity index is 0.00000243. The number of fused-ring (bicyclic) bond motifs is 14. The van der Waals surface area contributed by atoms with Crippen LogP contribution in [0.1, 0.15) is 18.4 Å². The highest BCUT2D eigenvalue weighted by Gasteiger charge is 2.28. The van der Waals surface area contributed by atoms with Crippen LogP contribution >= 0.6 is 23.3 Å². The fourth-order valence-corrected chi connectivity index (χ4v) is 12.8. The largest absolute Gasteiger partial charge is 0.309 e. The number of allylic oxidation sites excluding steroid dienone is 4. The highest BCUT2D eigenvalue weighted by atomic mass is 33.1. The van der Waals surface area contributed by atoms with Gasteiger partial charge in [-0.3, -0.25) is 0 Å². The molecule has 0 bridgehead atoms. The van der Waals surface area contributed by atoms with Crippen LogP contribution in [0, 0.1) is 11.3 Å². The molecule has 0 radical (unpaired) electrons. The van der Waals surface area contributed by atoms with Crippen LogP contribution in [-0.4, -0.2) is 26.7 Å². The molecule has 0 saturated carbocycles. The highest BCUT2D eigenvalue weighted by Crippen LogP contribution is 2.45. The smallest absolute Gasteiger partial charge is 0.208 e. The van der Waals surface area contributed by atoms with Gasteiger partial charge in [-0.2, -0.15) is 5.26 Å². The first-order valence-electron chi connectivity index (χ1n) is 23.4. The first-order chi connectivity index (χ1) is 35.0. The molecular formula is C61H41N5O2S3. The summed E-state index contributed by atoms with van der Waals surface area (Å²) in [4.78, 5) is 0.0518. The summed E-state index contributed by atoms with van der Waals surface area (Å²) in [7, 11) is -4.26. The molecule has 0 unspecified atom stereocenters. The Hall–Kier alpha value is -8.20. The van der Waals surface area contributed by atoms with Gasteiger partial charge in [0, 0.05) is 65.8 Å². The zero-order valence-electron chi connectivity index (χ0n) is 38.0. The summed E-state index contributed by atoms with van der Waals surface area (Å²) in [6.45, 7) is 0. The number of hydrogen-bond donors (Lipinski definition) is 2. The molecule has 4 heterocycles. The van der Waals surface area contributed by atoms with E-state index in [-0.39, 0.29) is 15.4 Å². The number of thiol groups is 2. The molecule has 0 spiro atoms. The lowest BCUT2D eigenvalue weighted by Gasteiger charge is -2.16. The fourth-order valence-electron chi connectivity index (χ4n) is 11.4. The molecule has 1 aliphatic carbocycles. The molecular weight excluding hydrogens is 931 g/mol. The molecule has 14 rings (SSSR count). The number of rotatable bonds is 6. The van der Waals surface area contributed by atoms with Crippen LogP contribution in [0.4, 0.5) is 0 Å². The molecule has 71 heavy (non-hydrogen) atoms. The van der Waals surface area contributed by atoms with Crippen LogP contribution in [-0.2, 0) is 9.84 Å². The van der Waals surface area contributed by atoms with E-state index in [2.05, 4.69) is 205 Å². The number of sulfone groups is 1. The van der Waals surface area contributed by atoms with Crippen molar-refractivity contribution < 1.29 is 8.42 Å². The molecule has 0 aliphatic heterocycles. The van der Waals surface area contributed by atoms with E-state index in [1.165, 1.54) is 11.5 Å². The van der Waals surface area contributed by atoms with Gasteiger partial charge in [0.15, 0.2) is 0 Å². The van der Waals surface area contributed by atoms with Gasteiger partial charge < -0.3 is 18.3 Å². The summed E-state index contributed by atoms with van der Waals surface area (Å²) in [5.74, 6) is 0. The maximum atomic E-state index is 15.3. The van der Waals surface area contributed by atoms with Crippen molar-refractivity contribution in [2.24, 2.45) is 0 Å². The summed E-state index contributed by atoms with van der Waals surface area (Å²) in [5, 5.41) is 19.1. The standard InChI is InChI=1S/C61H39N5O2S.H2S2/c62-38-39-17-7-16-30-57(39)69(67,68)44-36-42(63-53-28-14-10-24-49(53)58-55(63)33-31-47-45-22-8-12-26-51(45)65(60(47)58)40-18-3-1-4-19-40)35-43(37-44)64-54-29-15-11-25-50(54)59-56(64)34-32-48-46-23-9-13-27-52(46)66(61(48)59)41-20-5-2-6-21-41;1-2/h1,3-5,7-37H,2,6H2;1-2H. The predicted molar refractivity (Wildman–Crippen MR) is 300 cm³/mol. The van der Waals surface area contributed by atoms with Crippen LogP contribution in [0.3, 0.4) is 0 Å².